The average molecular weight is 413 g/mol. The van der Waals surface area contributed by atoms with Gasteiger partial charge in [-0.3, -0.25) is 14.9 Å². The second kappa shape index (κ2) is 9.20. The van der Waals surface area contributed by atoms with Crippen LogP contribution in [0.2, 0.25) is 10.0 Å². The number of anilines is 1. The number of nitrogens with zero attached hydrogens (tertiary/aromatic N) is 1. The molecule has 2 aromatic rings. The zero-order valence-corrected chi connectivity index (χ0v) is 15.5. The number of halogens is 2. The van der Waals surface area contributed by atoms with Crippen molar-refractivity contribution >= 4 is 46.5 Å². The highest BCUT2D eigenvalue weighted by molar-refractivity contribution is 6.36. The predicted octanol–water partition coefficient (Wildman–Crippen LogP) is 4.10. The average Bonchev–Trinajstić information content (AvgIpc) is 2.61. The standard InChI is InChI=1S/C17H14Cl2N2O6/c1-2-26-11-4-6-14(15(8-11)21(24)25)20-16(22)9-27-17(23)12-5-3-10(18)7-13(12)19/h3-8H,2,9H2,1H3,(H,20,22). The van der Waals surface area contributed by atoms with Crippen molar-refractivity contribution in [3.63, 3.8) is 0 Å². The lowest BCUT2D eigenvalue weighted by atomic mass is 10.2. The van der Waals surface area contributed by atoms with Gasteiger partial charge in [0.15, 0.2) is 6.61 Å². The van der Waals surface area contributed by atoms with Gasteiger partial charge in [0, 0.05) is 5.02 Å². The molecule has 0 saturated heterocycles. The van der Waals surface area contributed by atoms with Gasteiger partial charge in [0.25, 0.3) is 11.6 Å². The Hall–Kier alpha value is -2.84. The molecule has 0 aliphatic carbocycles. The summed E-state index contributed by atoms with van der Waals surface area (Å²) in [5.41, 5.74) is -0.351. The fourth-order valence-corrected chi connectivity index (χ4v) is 2.56. The van der Waals surface area contributed by atoms with E-state index >= 15 is 0 Å². The summed E-state index contributed by atoms with van der Waals surface area (Å²) in [6.45, 7) is 1.43. The first-order valence-electron chi connectivity index (χ1n) is 7.65. The monoisotopic (exact) mass is 412 g/mol. The SMILES string of the molecule is CCOc1ccc(NC(=O)COC(=O)c2ccc(Cl)cc2Cl)c([N+](=O)[O-])c1. The summed E-state index contributed by atoms with van der Waals surface area (Å²) in [5, 5.41) is 13.9. The minimum Gasteiger partial charge on any atom is -0.494 e. The summed E-state index contributed by atoms with van der Waals surface area (Å²) in [7, 11) is 0. The fraction of sp³-hybridized carbons (Fsp3) is 0.176. The van der Waals surface area contributed by atoms with Crippen molar-refractivity contribution in [1.29, 1.82) is 0 Å². The van der Waals surface area contributed by atoms with Crippen molar-refractivity contribution in [2.75, 3.05) is 18.5 Å². The molecule has 0 fully saturated rings. The Morgan fingerprint density at radius 1 is 1.19 bits per heavy atom. The van der Waals surface area contributed by atoms with Crippen LogP contribution in [0.1, 0.15) is 17.3 Å². The number of nitro benzene ring substituents is 1. The molecule has 1 amide bonds. The van der Waals surface area contributed by atoms with Crippen molar-refractivity contribution in [3.05, 3.63) is 62.1 Å². The molecule has 0 radical (unpaired) electrons. The molecule has 27 heavy (non-hydrogen) atoms. The molecule has 142 valence electrons. The summed E-state index contributed by atoms with van der Waals surface area (Å²) in [5.74, 6) is -1.28. The van der Waals surface area contributed by atoms with Gasteiger partial charge in [0.2, 0.25) is 0 Å². The number of hydrogen-bond acceptors (Lipinski definition) is 6. The molecule has 2 rings (SSSR count). The third-order valence-corrected chi connectivity index (χ3v) is 3.78. The van der Waals surface area contributed by atoms with Crippen molar-refractivity contribution in [3.8, 4) is 5.75 Å². The maximum Gasteiger partial charge on any atom is 0.340 e. The van der Waals surface area contributed by atoms with E-state index in [2.05, 4.69) is 5.32 Å². The number of carbonyl (C=O) groups excluding carboxylic acids is 2. The van der Waals surface area contributed by atoms with Gasteiger partial charge in [-0.1, -0.05) is 23.2 Å². The molecule has 0 heterocycles. The van der Waals surface area contributed by atoms with Gasteiger partial charge in [-0.05, 0) is 37.3 Å². The number of nitro groups is 1. The lowest BCUT2D eigenvalue weighted by Crippen LogP contribution is -2.21. The maximum atomic E-state index is 12.0. The van der Waals surface area contributed by atoms with Crippen LogP contribution >= 0.6 is 23.2 Å². The van der Waals surface area contributed by atoms with E-state index < -0.39 is 23.4 Å². The molecule has 0 aromatic heterocycles. The van der Waals surface area contributed by atoms with E-state index in [1.54, 1.807) is 6.92 Å². The highest BCUT2D eigenvalue weighted by atomic mass is 35.5. The van der Waals surface area contributed by atoms with Gasteiger partial charge in [0.05, 0.1) is 28.2 Å². The Balaban J connectivity index is 2.03. The van der Waals surface area contributed by atoms with Crippen LogP contribution in [-0.2, 0) is 9.53 Å². The number of ether oxygens (including phenoxy) is 2. The molecule has 1 N–H and O–H groups in total. The van der Waals surface area contributed by atoms with Crippen molar-refractivity contribution in [2.24, 2.45) is 0 Å². The lowest BCUT2D eigenvalue weighted by molar-refractivity contribution is -0.384. The summed E-state index contributed by atoms with van der Waals surface area (Å²) < 4.78 is 10.1. The molecule has 0 unspecified atom stereocenters. The molecule has 0 spiro atoms. The van der Waals surface area contributed by atoms with Gasteiger partial charge >= 0.3 is 5.97 Å². The number of carbonyl (C=O) groups is 2. The van der Waals surface area contributed by atoms with Crippen LogP contribution in [0.3, 0.4) is 0 Å². The molecule has 10 heteroatoms. The molecule has 0 aliphatic heterocycles. The van der Waals surface area contributed by atoms with E-state index in [0.29, 0.717) is 17.4 Å². The largest absolute Gasteiger partial charge is 0.494 e. The van der Waals surface area contributed by atoms with E-state index in [-0.39, 0.29) is 22.0 Å². The highest BCUT2D eigenvalue weighted by Crippen LogP contribution is 2.29. The number of nitrogens with one attached hydrogen (secondary N) is 1. The van der Waals surface area contributed by atoms with Gasteiger partial charge in [-0.25, -0.2) is 4.79 Å². The van der Waals surface area contributed by atoms with E-state index in [1.165, 1.54) is 36.4 Å². The Morgan fingerprint density at radius 2 is 1.93 bits per heavy atom. The molecule has 0 atom stereocenters. The van der Waals surface area contributed by atoms with Crippen LogP contribution in [0.4, 0.5) is 11.4 Å². The molecule has 0 aliphatic rings. The summed E-state index contributed by atoms with van der Waals surface area (Å²) in [6.07, 6.45) is 0. The number of rotatable bonds is 7. The maximum absolute atomic E-state index is 12.0. The number of esters is 1. The van der Waals surface area contributed by atoms with Gasteiger partial charge in [-0.15, -0.1) is 0 Å². The van der Waals surface area contributed by atoms with Gasteiger partial charge < -0.3 is 14.8 Å². The van der Waals surface area contributed by atoms with Crippen molar-refractivity contribution in [1.82, 2.24) is 0 Å². The first kappa shape index (κ1) is 20.5. The van der Waals surface area contributed by atoms with Crippen LogP contribution in [-0.4, -0.2) is 30.0 Å². The second-order valence-corrected chi connectivity index (χ2v) is 5.96. The van der Waals surface area contributed by atoms with Gasteiger partial charge in [0.1, 0.15) is 11.4 Å². The van der Waals surface area contributed by atoms with Crippen molar-refractivity contribution in [2.45, 2.75) is 6.92 Å². The number of amides is 1. The van der Waals surface area contributed by atoms with E-state index in [9.17, 15) is 19.7 Å². The topological polar surface area (TPSA) is 108 Å². The van der Waals surface area contributed by atoms with E-state index in [0.717, 1.165) is 0 Å². The molecule has 8 nitrogen and oxygen atoms in total. The second-order valence-electron chi connectivity index (χ2n) is 5.12. The zero-order valence-electron chi connectivity index (χ0n) is 14.0. The van der Waals surface area contributed by atoms with Crippen LogP contribution < -0.4 is 10.1 Å². The minimum absolute atomic E-state index is 0.0425. The van der Waals surface area contributed by atoms with Crippen LogP contribution in [0, 0.1) is 10.1 Å². The number of hydrogen-bond donors (Lipinski definition) is 1. The summed E-state index contributed by atoms with van der Waals surface area (Å²) >= 11 is 11.6. The van der Waals surface area contributed by atoms with E-state index in [4.69, 9.17) is 32.7 Å². The van der Waals surface area contributed by atoms with Gasteiger partial charge in [-0.2, -0.15) is 0 Å². The molecule has 0 saturated carbocycles. The number of benzene rings is 2. The Morgan fingerprint density at radius 3 is 2.56 bits per heavy atom. The highest BCUT2D eigenvalue weighted by Gasteiger charge is 2.19. The first-order valence-corrected chi connectivity index (χ1v) is 8.40. The fourth-order valence-electron chi connectivity index (χ4n) is 2.07. The Kier molecular flexibility index (Phi) is 6.98. The quantitative estimate of drug-likeness (QED) is 0.416. The normalized spacial score (nSPS) is 10.2. The third-order valence-electron chi connectivity index (χ3n) is 3.24. The zero-order chi connectivity index (χ0) is 20.0. The Labute approximate surface area is 164 Å². The van der Waals surface area contributed by atoms with Crippen LogP contribution in [0.25, 0.3) is 0 Å². The summed E-state index contributed by atoms with van der Waals surface area (Å²) in [4.78, 5) is 34.5. The van der Waals surface area contributed by atoms with E-state index in [1.807, 2.05) is 0 Å². The Bertz CT molecular complexity index is 888. The summed E-state index contributed by atoms with van der Waals surface area (Å²) in [6, 6.07) is 8.18. The van der Waals surface area contributed by atoms with Crippen LogP contribution in [0.15, 0.2) is 36.4 Å². The smallest absolute Gasteiger partial charge is 0.340 e. The minimum atomic E-state index is -0.826. The third kappa shape index (κ3) is 5.57. The molecular weight excluding hydrogens is 399 g/mol. The first-order chi connectivity index (χ1) is 12.8. The lowest BCUT2D eigenvalue weighted by Gasteiger charge is -2.09. The van der Waals surface area contributed by atoms with Crippen molar-refractivity contribution < 1.29 is 24.0 Å². The molecule has 0 bridgehead atoms. The molecular formula is C17H14Cl2N2O6. The van der Waals surface area contributed by atoms with Crippen LogP contribution in [0.5, 0.6) is 5.75 Å². The predicted molar refractivity (Wildman–Crippen MR) is 99.6 cm³/mol. The molecule has 2 aromatic carbocycles.